The van der Waals surface area contributed by atoms with Gasteiger partial charge in [0.2, 0.25) is 17.6 Å². The number of hydrogen-bond donors (Lipinski definition) is 2. The van der Waals surface area contributed by atoms with Crippen LogP contribution in [0.4, 0.5) is 5.69 Å². The molecule has 5 aromatic rings. The number of amides is 3. The molecule has 53 heavy (non-hydrogen) atoms. The summed E-state index contributed by atoms with van der Waals surface area (Å²) >= 11 is 0. The molecule has 0 saturated heterocycles. The van der Waals surface area contributed by atoms with Gasteiger partial charge in [-0.1, -0.05) is 86.4 Å². The summed E-state index contributed by atoms with van der Waals surface area (Å²) in [5.74, 6) is 0.0378. The molecule has 6 rings (SSSR count). The molecule has 276 valence electrons. The van der Waals surface area contributed by atoms with Gasteiger partial charge in [0.05, 0.1) is 23.9 Å². The number of rotatable bonds is 15. The van der Waals surface area contributed by atoms with E-state index in [0.717, 1.165) is 42.4 Å². The monoisotopic (exact) mass is 717 g/mol. The number of anilines is 1. The second kappa shape index (κ2) is 17.3. The number of nitrogens with one attached hydrogen (secondary N) is 1. The molecule has 0 saturated carbocycles. The van der Waals surface area contributed by atoms with E-state index in [1.165, 1.54) is 0 Å². The quantitative estimate of drug-likeness (QED) is 0.126. The number of nitrogens with zero attached hydrogens (tertiary/aromatic N) is 6. The van der Waals surface area contributed by atoms with Crippen LogP contribution in [-0.2, 0) is 24.2 Å². The van der Waals surface area contributed by atoms with Gasteiger partial charge in [-0.15, -0.1) is 0 Å². The molecule has 3 amide bonds. The summed E-state index contributed by atoms with van der Waals surface area (Å²) in [6.45, 7) is 7.46. The maximum atomic E-state index is 14.6. The average molecular weight is 718 g/mol. The highest BCUT2D eigenvalue weighted by molar-refractivity contribution is 6.01. The largest absolute Gasteiger partial charge is 0.394 e. The summed E-state index contributed by atoms with van der Waals surface area (Å²) in [7, 11) is 0. The van der Waals surface area contributed by atoms with E-state index >= 15 is 0 Å². The van der Waals surface area contributed by atoms with Crippen LogP contribution in [0.2, 0.25) is 0 Å². The van der Waals surface area contributed by atoms with E-state index in [4.69, 9.17) is 9.62 Å². The van der Waals surface area contributed by atoms with E-state index in [-0.39, 0.29) is 42.7 Å². The van der Waals surface area contributed by atoms with Gasteiger partial charge in [0, 0.05) is 49.4 Å². The van der Waals surface area contributed by atoms with Crippen molar-refractivity contribution in [1.82, 2.24) is 29.7 Å². The van der Waals surface area contributed by atoms with Crippen molar-refractivity contribution >= 4 is 23.4 Å². The minimum Gasteiger partial charge on any atom is -0.394 e. The first kappa shape index (κ1) is 37.1. The number of fused-ring (bicyclic) bond motifs is 1. The molecular weight excluding hydrogens is 670 g/mol. The third-order valence-electron chi connectivity index (χ3n) is 9.59. The molecule has 0 radical (unpaired) electrons. The molecule has 2 N–H and O–H groups in total. The lowest BCUT2D eigenvalue weighted by Crippen LogP contribution is -2.46. The van der Waals surface area contributed by atoms with Crippen molar-refractivity contribution in [2.24, 2.45) is 0 Å². The third-order valence-corrected chi connectivity index (χ3v) is 9.59. The summed E-state index contributed by atoms with van der Waals surface area (Å²) in [6, 6.07) is 23.8. The molecule has 1 aliphatic heterocycles. The predicted molar refractivity (Wildman–Crippen MR) is 202 cm³/mol. The first-order valence-corrected chi connectivity index (χ1v) is 18.5. The van der Waals surface area contributed by atoms with Gasteiger partial charge in [-0.3, -0.25) is 14.4 Å². The molecule has 0 aliphatic carbocycles. The fourth-order valence-corrected chi connectivity index (χ4v) is 6.62. The van der Waals surface area contributed by atoms with Crippen molar-refractivity contribution in [3.63, 3.8) is 0 Å². The molecule has 2 aromatic heterocycles. The predicted octanol–water partition coefficient (Wildman–Crippen LogP) is 6.40. The lowest BCUT2D eigenvalue weighted by atomic mass is 9.93. The van der Waals surface area contributed by atoms with Crippen molar-refractivity contribution < 1.29 is 24.0 Å². The lowest BCUT2D eigenvalue weighted by molar-refractivity contribution is -0.116. The summed E-state index contributed by atoms with van der Waals surface area (Å²) in [4.78, 5) is 49.5. The zero-order valence-electron chi connectivity index (χ0n) is 30.6. The van der Waals surface area contributed by atoms with Crippen molar-refractivity contribution in [2.75, 3.05) is 25.0 Å². The van der Waals surface area contributed by atoms with Gasteiger partial charge in [-0.25, -0.2) is 4.68 Å². The Morgan fingerprint density at radius 1 is 0.943 bits per heavy atom. The number of unbranched alkanes of at least 4 members (excludes halogenated alkanes) is 2. The van der Waals surface area contributed by atoms with Crippen molar-refractivity contribution in [3.05, 3.63) is 113 Å². The molecular formula is C41H47N7O5. The zero-order chi connectivity index (χ0) is 37.3. The second-order valence-corrected chi connectivity index (χ2v) is 13.5. The molecule has 3 aromatic carbocycles. The van der Waals surface area contributed by atoms with Gasteiger partial charge in [0.25, 0.3) is 11.8 Å². The summed E-state index contributed by atoms with van der Waals surface area (Å²) in [5, 5.41) is 22.1. The van der Waals surface area contributed by atoms with Gasteiger partial charge < -0.3 is 24.7 Å². The number of carbonyl (C=O) groups excluding carboxylic acids is 3. The smallest absolute Gasteiger partial charge is 0.274 e. The number of hydrogen-bond acceptors (Lipinski definition) is 8. The highest BCUT2D eigenvalue weighted by atomic mass is 16.5. The number of aromatic nitrogens is 4. The van der Waals surface area contributed by atoms with Crippen LogP contribution in [0.5, 0.6) is 0 Å². The molecule has 1 atom stereocenters. The van der Waals surface area contributed by atoms with Crippen LogP contribution in [0.25, 0.3) is 17.1 Å². The van der Waals surface area contributed by atoms with E-state index in [0.29, 0.717) is 60.5 Å². The fourth-order valence-electron chi connectivity index (χ4n) is 6.62. The number of carbonyl (C=O) groups is 3. The van der Waals surface area contributed by atoms with Crippen molar-refractivity contribution in [3.8, 4) is 17.1 Å². The molecule has 12 heteroatoms. The SMILES string of the molecule is CCCCN(CCCC)C(=O)c1cc(C)n(-c2ccc(NC(=O)CCc3nc(-c4ccccc4)no3)cc2C(=O)N2Cc3ccccc3CC2CO)n1. The van der Waals surface area contributed by atoms with Crippen LogP contribution in [0, 0.1) is 6.92 Å². The molecule has 3 heterocycles. The van der Waals surface area contributed by atoms with Gasteiger partial charge in [-0.2, -0.15) is 10.1 Å². The minimum absolute atomic E-state index is 0.0766. The maximum Gasteiger partial charge on any atom is 0.274 e. The van der Waals surface area contributed by atoms with Crippen LogP contribution >= 0.6 is 0 Å². The number of aliphatic hydroxyl groups excluding tert-OH is 1. The maximum absolute atomic E-state index is 14.6. The average Bonchev–Trinajstić information content (AvgIpc) is 3.83. The number of benzene rings is 3. The summed E-state index contributed by atoms with van der Waals surface area (Å²) in [6.07, 6.45) is 4.56. The van der Waals surface area contributed by atoms with Gasteiger partial charge in [0.1, 0.15) is 0 Å². The number of aliphatic hydroxyl groups is 1. The lowest BCUT2D eigenvalue weighted by Gasteiger charge is -2.36. The summed E-state index contributed by atoms with van der Waals surface area (Å²) < 4.78 is 7.00. The minimum atomic E-state index is -0.444. The Hall–Kier alpha value is -5.62. The molecule has 0 bridgehead atoms. The standard InChI is InChI=1S/C41H47N7O5/c1-4-6-21-46(22-7-5-2)41(52)35-23-28(3)48(44-35)36-18-17-32(42-37(50)19-20-38-43-39(45-53-38)29-13-9-8-10-14-29)25-34(36)40(51)47-26-31-16-12-11-15-30(31)24-33(47)27-49/h8-18,23,25,33,49H,4-7,19-22,24,26-27H2,1-3H3,(H,42,50). The summed E-state index contributed by atoms with van der Waals surface area (Å²) in [5.41, 5.74) is 5.08. The first-order chi connectivity index (χ1) is 25.8. The highest BCUT2D eigenvalue weighted by Gasteiger charge is 2.32. The number of aryl methyl sites for hydroxylation is 2. The Morgan fingerprint density at radius 3 is 2.38 bits per heavy atom. The van der Waals surface area contributed by atoms with Crippen molar-refractivity contribution in [2.45, 2.75) is 78.3 Å². The van der Waals surface area contributed by atoms with Crippen LogP contribution in [0.1, 0.15) is 89.5 Å². The van der Waals surface area contributed by atoms with Crippen LogP contribution < -0.4 is 5.32 Å². The Bertz CT molecular complexity index is 2030. The van der Waals surface area contributed by atoms with Crippen molar-refractivity contribution in [1.29, 1.82) is 0 Å². The normalized spacial score (nSPS) is 13.8. The van der Waals surface area contributed by atoms with Gasteiger partial charge >= 0.3 is 0 Å². The molecule has 1 aliphatic rings. The second-order valence-electron chi connectivity index (χ2n) is 13.5. The van der Waals surface area contributed by atoms with Crippen LogP contribution in [0.3, 0.4) is 0 Å². The van der Waals surface area contributed by atoms with E-state index in [1.807, 2.05) is 66.4 Å². The topological polar surface area (TPSA) is 147 Å². The Balaban J connectivity index is 1.28. The van der Waals surface area contributed by atoms with E-state index in [1.54, 1.807) is 33.8 Å². The zero-order valence-corrected chi connectivity index (χ0v) is 30.6. The Labute approximate surface area is 309 Å². The van der Waals surface area contributed by atoms with Gasteiger partial charge in [0.15, 0.2) is 5.69 Å². The van der Waals surface area contributed by atoms with Crippen LogP contribution in [0.15, 0.2) is 83.4 Å². The van der Waals surface area contributed by atoms with E-state index < -0.39 is 6.04 Å². The molecule has 12 nitrogen and oxygen atoms in total. The van der Waals surface area contributed by atoms with E-state index in [9.17, 15) is 19.5 Å². The Morgan fingerprint density at radius 2 is 1.66 bits per heavy atom. The molecule has 0 spiro atoms. The molecule has 0 fully saturated rings. The Kier molecular flexibility index (Phi) is 12.1. The first-order valence-electron chi connectivity index (χ1n) is 18.5. The molecule has 1 unspecified atom stereocenters. The van der Waals surface area contributed by atoms with Crippen LogP contribution in [-0.4, -0.2) is 78.3 Å². The third kappa shape index (κ3) is 8.72. The fraction of sp³-hybridized carbons (Fsp3) is 0.366. The highest BCUT2D eigenvalue weighted by Crippen LogP contribution is 2.29. The van der Waals surface area contributed by atoms with Gasteiger partial charge in [-0.05, 0) is 61.6 Å². The van der Waals surface area contributed by atoms with E-state index in [2.05, 4.69) is 29.3 Å².